The molecule has 0 saturated heterocycles. The highest BCUT2D eigenvalue weighted by molar-refractivity contribution is 7.14. The summed E-state index contributed by atoms with van der Waals surface area (Å²) in [7, 11) is 0. The molecule has 1 aliphatic carbocycles. The number of aromatic nitrogens is 2. The van der Waals surface area contributed by atoms with Gasteiger partial charge in [0.2, 0.25) is 0 Å². The van der Waals surface area contributed by atoms with Gasteiger partial charge in [-0.25, -0.2) is 4.68 Å². The normalized spacial score (nSPS) is 13.0. The molecule has 5 heteroatoms. The average molecular weight is 351 g/mol. The zero-order chi connectivity index (χ0) is 17.4. The van der Waals surface area contributed by atoms with E-state index in [0.29, 0.717) is 6.54 Å². The van der Waals surface area contributed by atoms with Crippen molar-refractivity contribution in [1.29, 1.82) is 0 Å². The first-order valence-corrected chi connectivity index (χ1v) is 9.45. The molecule has 0 spiro atoms. The number of hydrogen-bond acceptors (Lipinski definition) is 3. The van der Waals surface area contributed by atoms with Crippen LogP contribution in [0.4, 0.5) is 0 Å². The number of nitrogens with one attached hydrogen (secondary N) is 1. The number of thiophene rings is 1. The van der Waals surface area contributed by atoms with Crippen LogP contribution >= 0.6 is 11.3 Å². The van der Waals surface area contributed by atoms with Gasteiger partial charge in [-0.15, -0.1) is 11.3 Å². The third-order valence-corrected chi connectivity index (χ3v) is 6.07. The number of fused-ring (bicyclic) bond motifs is 1. The van der Waals surface area contributed by atoms with E-state index in [0.717, 1.165) is 40.4 Å². The van der Waals surface area contributed by atoms with E-state index < -0.39 is 0 Å². The largest absolute Gasteiger partial charge is 0.347 e. The maximum atomic E-state index is 12.5. The van der Waals surface area contributed by atoms with Gasteiger partial charge in [0, 0.05) is 22.7 Å². The van der Waals surface area contributed by atoms with Crippen molar-refractivity contribution in [3.63, 3.8) is 0 Å². The summed E-state index contributed by atoms with van der Waals surface area (Å²) >= 11 is 1.64. The number of amides is 1. The van der Waals surface area contributed by atoms with E-state index in [1.165, 1.54) is 16.9 Å². The minimum absolute atomic E-state index is 0.0191. The summed E-state index contributed by atoms with van der Waals surface area (Å²) in [5.74, 6) is 0.0191. The van der Waals surface area contributed by atoms with E-state index in [4.69, 9.17) is 0 Å². The molecule has 128 valence electrons. The fourth-order valence-electron chi connectivity index (χ4n) is 3.45. The number of rotatable bonds is 4. The summed E-state index contributed by atoms with van der Waals surface area (Å²) in [5, 5.41) is 7.71. The Balaban J connectivity index is 1.51. The van der Waals surface area contributed by atoms with Crippen molar-refractivity contribution in [2.45, 2.75) is 39.7 Å². The third-order valence-electron chi connectivity index (χ3n) is 4.84. The molecule has 4 rings (SSSR count). The Kier molecular flexibility index (Phi) is 4.17. The van der Waals surface area contributed by atoms with Gasteiger partial charge in [0.05, 0.1) is 16.3 Å². The smallest absolute Gasteiger partial charge is 0.261 e. The van der Waals surface area contributed by atoms with Crippen LogP contribution in [0.5, 0.6) is 0 Å². The summed E-state index contributed by atoms with van der Waals surface area (Å²) in [4.78, 5) is 14.7. The fourth-order valence-corrected chi connectivity index (χ4v) is 4.62. The maximum absolute atomic E-state index is 12.5. The van der Waals surface area contributed by atoms with Crippen molar-refractivity contribution in [3.05, 3.63) is 68.7 Å². The first kappa shape index (κ1) is 16.1. The standard InChI is InChI=1S/C20H21N3OS/c1-13-17(14(2)23(22-13)16-8-4-3-5-9-16)12-21-20(24)19-11-15-7-6-10-18(15)25-19/h3-5,8-9,11H,6-7,10,12H2,1-2H3,(H,21,24). The summed E-state index contributed by atoms with van der Waals surface area (Å²) in [6.45, 7) is 4.55. The first-order valence-electron chi connectivity index (χ1n) is 8.64. The van der Waals surface area contributed by atoms with E-state index >= 15 is 0 Å². The lowest BCUT2D eigenvalue weighted by atomic mass is 10.2. The van der Waals surface area contributed by atoms with E-state index in [-0.39, 0.29) is 5.91 Å². The molecule has 3 aromatic rings. The van der Waals surface area contributed by atoms with Crippen molar-refractivity contribution in [3.8, 4) is 5.69 Å². The molecular formula is C20H21N3OS. The second-order valence-corrected chi connectivity index (χ2v) is 7.63. The zero-order valence-corrected chi connectivity index (χ0v) is 15.3. The fraction of sp³-hybridized carbons (Fsp3) is 0.300. The van der Waals surface area contributed by atoms with Crippen molar-refractivity contribution >= 4 is 17.2 Å². The van der Waals surface area contributed by atoms with E-state index in [9.17, 15) is 4.79 Å². The van der Waals surface area contributed by atoms with Crippen molar-refractivity contribution < 1.29 is 4.79 Å². The van der Waals surface area contributed by atoms with Crippen LogP contribution in [0, 0.1) is 13.8 Å². The molecule has 1 N–H and O–H groups in total. The number of hydrogen-bond donors (Lipinski definition) is 1. The predicted molar refractivity (Wildman–Crippen MR) is 101 cm³/mol. The Morgan fingerprint density at radius 2 is 2.04 bits per heavy atom. The van der Waals surface area contributed by atoms with Gasteiger partial charge >= 0.3 is 0 Å². The second-order valence-electron chi connectivity index (χ2n) is 6.49. The van der Waals surface area contributed by atoms with Gasteiger partial charge in [-0.3, -0.25) is 4.79 Å². The Bertz CT molecular complexity index is 903. The third kappa shape index (κ3) is 3.00. The number of aryl methyl sites for hydroxylation is 3. The highest BCUT2D eigenvalue weighted by Gasteiger charge is 2.19. The quantitative estimate of drug-likeness (QED) is 0.773. The van der Waals surface area contributed by atoms with E-state index in [1.54, 1.807) is 11.3 Å². The molecule has 1 aromatic carbocycles. The number of benzene rings is 1. The Labute approximate surface area is 151 Å². The molecule has 2 aromatic heterocycles. The molecular weight excluding hydrogens is 330 g/mol. The molecule has 25 heavy (non-hydrogen) atoms. The minimum atomic E-state index is 0.0191. The summed E-state index contributed by atoms with van der Waals surface area (Å²) < 4.78 is 1.94. The molecule has 2 heterocycles. The van der Waals surface area contributed by atoms with Gasteiger partial charge in [0.1, 0.15) is 0 Å². The summed E-state index contributed by atoms with van der Waals surface area (Å²) in [5.41, 5.74) is 5.50. The highest BCUT2D eigenvalue weighted by Crippen LogP contribution is 2.30. The lowest BCUT2D eigenvalue weighted by Crippen LogP contribution is -2.22. The highest BCUT2D eigenvalue weighted by atomic mass is 32.1. The van der Waals surface area contributed by atoms with Crippen LogP contribution in [0.15, 0.2) is 36.4 Å². The Morgan fingerprint density at radius 3 is 2.80 bits per heavy atom. The number of nitrogens with zero attached hydrogens (tertiary/aromatic N) is 2. The van der Waals surface area contributed by atoms with E-state index in [2.05, 4.69) is 16.5 Å². The molecule has 1 aliphatic rings. The second kappa shape index (κ2) is 6.48. The van der Waals surface area contributed by atoms with Gasteiger partial charge in [0.15, 0.2) is 0 Å². The molecule has 0 fully saturated rings. The molecule has 0 aliphatic heterocycles. The van der Waals surface area contributed by atoms with Crippen molar-refractivity contribution in [1.82, 2.24) is 15.1 Å². The lowest BCUT2D eigenvalue weighted by Gasteiger charge is -2.06. The molecule has 0 radical (unpaired) electrons. The van der Waals surface area contributed by atoms with Crippen LogP contribution in [0.2, 0.25) is 0 Å². The SMILES string of the molecule is Cc1nn(-c2ccccc2)c(C)c1CNC(=O)c1cc2c(s1)CCC2. The molecule has 0 unspecified atom stereocenters. The number of carbonyl (C=O) groups is 1. The average Bonchev–Trinajstić information content (AvgIpc) is 3.28. The summed E-state index contributed by atoms with van der Waals surface area (Å²) in [6.07, 6.45) is 3.46. The number of para-hydroxylation sites is 1. The molecule has 4 nitrogen and oxygen atoms in total. The zero-order valence-electron chi connectivity index (χ0n) is 14.5. The lowest BCUT2D eigenvalue weighted by molar-refractivity contribution is 0.0955. The Morgan fingerprint density at radius 1 is 1.24 bits per heavy atom. The van der Waals surface area contributed by atoms with Crippen LogP contribution in [-0.2, 0) is 19.4 Å². The first-order chi connectivity index (χ1) is 12.1. The van der Waals surface area contributed by atoms with Gasteiger partial charge in [0.25, 0.3) is 5.91 Å². The van der Waals surface area contributed by atoms with Gasteiger partial charge < -0.3 is 5.32 Å². The topological polar surface area (TPSA) is 46.9 Å². The summed E-state index contributed by atoms with van der Waals surface area (Å²) in [6, 6.07) is 12.1. The van der Waals surface area contributed by atoms with Crippen LogP contribution in [0.1, 0.15) is 43.5 Å². The maximum Gasteiger partial charge on any atom is 0.261 e. The van der Waals surface area contributed by atoms with Gasteiger partial charge in [-0.2, -0.15) is 5.10 Å². The molecule has 0 saturated carbocycles. The Hall–Kier alpha value is -2.40. The number of carbonyl (C=O) groups excluding carboxylic acids is 1. The van der Waals surface area contributed by atoms with E-state index in [1.807, 2.05) is 48.9 Å². The van der Waals surface area contributed by atoms with Crippen LogP contribution in [-0.4, -0.2) is 15.7 Å². The molecule has 1 amide bonds. The monoisotopic (exact) mass is 351 g/mol. The van der Waals surface area contributed by atoms with Crippen LogP contribution in [0.3, 0.4) is 0 Å². The molecule has 0 bridgehead atoms. The van der Waals surface area contributed by atoms with Crippen molar-refractivity contribution in [2.24, 2.45) is 0 Å². The van der Waals surface area contributed by atoms with Crippen LogP contribution < -0.4 is 5.32 Å². The van der Waals surface area contributed by atoms with Gasteiger partial charge in [-0.05, 0) is 56.9 Å². The minimum Gasteiger partial charge on any atom is -0.347 e. The predicted octanol–water partition coefficient (Wildman–Crippen LogP) is 3.97. The van der Waals surface area contributed by atoms with Crippen molar-refractivity contribution in [2.75, 3.05) is 0 Å². The van der Waals surface area contributed by atoms with Crippen LogP contribution in [0.25, 0.3) is 5.69 Å². The van der Waals surface area contributed by atoms with Gasteiger partial charge in [-0.1, -0.05) is 18.2 Å². The molecule has 0 atom stereocenters.